The molecule has 0 amide bonds. The maximum Gasteiger partial charge on any atom is 0.164 e. The molecular formula is C46H28N4S. The highest BCUT2D eigenvalue weighted by molar-refractivity contribution is 7.26. The van der Waals surface area contributed by atoms with Gasteiger partial charge in [0.1, 0.15) is 0 Å². The molecule has 4 nitrogen and oxygen atoms in total. The first-order valence-electron chi connectivity index (χ1n) is 16.7. The van der Waals surface area contributed by atoms with E-state index in [2.05, 4.69) is 91.0 Å². The molecule has 2 aromatic heterocycles. The first kappa shape index (κ1) is 30.3. The van der Waals surface area contributed by atoms with Crippen LogP contribution in [0.1, 0.15) is 5.56 Å². The molecule has 0 aliphatic rings. The molecule has 9 rings (SSSR count). The number of thiophene rings is 1. The van der Waals surface area contributed by atoms with E-state index in [0.717, 1.165) is 44.5 Å². The highest BCUT2D eigenvalue weighted by Crippen LogP contribution is 2.43. The molecule has 0 aliphatic carbocycles. The van der Waals surface area contributed by atoms with E-state index < -0.39 is 0 Å². The molecule has 0 radical (unpaired) electrons. The molecule has 0 saturated heterocycles. The highest BCUT2D eigenvalue weighted by Gasteiger charge is 2.16. The van der Waals surface area contributed by atoms with Crippen molar-refractivity contribution in [3.8, 4) is 73.6 Å². The Kier molecular flexibility index (Phi) is 7.70. The average molecular weight is 669 g/mol. The number of nitriles is 1. The van der Waals surface area contributed by atoms with Crippen molar-refractivity contribution in [3.05, 3.63) is 175 Å². The van der Waals surface area contributed by atoms with Crippen molar-refractivity contribution in [1.82, 2.24) is 15.0 Å². The minimum Gasteiger partial charge on any atom is -0.208 e. The summed E-state index contributed by atoms with van der Waals surface area (Å²) in [6.45, 7) is 0. The zero-order chi connectivity index (χ0) is 34.1. The van der Waals surface area contributed by atoms with Gasteiger partial charge >= 0.3 is 0 Å². The summed E-state index contributed by atoms with van der Waals surface area (Å²) in [7, 11) is 0. The SMILES string of the molecule is N#Cc1ccc(-c2ccc(-c3cc(-c4ccc(-c5nc(-c6ccccc6)nc(-c6ccccc6)n5)cc4)c4sc5ccccc5c4c3)cc2)cc1. The van der Waals surface area contributed by atoms with Gasteiger partial charge in [-0.3, -0.25) is 0 Å². The van der Waals surface area contributed by atoms with E-state index in [0.29, 0.717) is 23.0 Å². The van der Waals surface area contributed by atoms with Crippen molar-refractivity contribution in [2.75, 3.05) is 0 Å². The molecule has 5 heteroatoms. The van der Waals surface area contributed by atoms with E-state index in [1.165, 1.54) is 25.7 Å². The normalized spacial score (nSPS) is 11.1. The van der Waals surface area contributed by atoms with Gasteiger partial charge in [-0.15, -0.1) is 11.3 Å². The van der Waals surface area contributed by atoms with Crippen molar-refractivity contribution in [3.63, 3.8) is 0 Å². The molecule has 0 N–H and O–H groups in total. The molecule has 0 spiro atoms. The summed E-state index contributed by atoms with van der Waals surface area (Å²) < 4.78 is 2.53. The minimum atomic E-state index is 0.636. The number of hydrogen-bond donors (Lipinski definition) is 0. The van der Waals surface area contributed by atoms with Crippen LogP contribution in [0.25, 0.3) is 87.7 Å². The van der Waals surface area contributed by atoms with Gasteiger partial charge < -0.3 is 0 Å². The zero-order valence-corrected chi connectivity index (χ0v) is 28.2. The fourth-order valence-corrected chi connectivity index (χ4v) is 7.76. The van der Waals surface area contributed by atoms with Crippen LogP contribution in [0, 0.1) is 11.3 Å². The first-order valence-corrected chi connectivity index (χ1v) is 17.6. The number of aromatic nitrogens is 3. The molecule has 2 heterocycles. The van der Waals surface area contributed by atoms with Crippen molar-refractivity contribution in [1.29, 1.82) is 5.26 Å². The number of hydrogen-bond acceptors (Lipinski definition) is 5. The van der Waals surface area contributed by atoms with Crippen molar-refractivity contribution < 1.29 is 0 Å². The predicted octanol–water partition coefficient (Wildman–Crippen LogP) is 12.1. The van der Waals surface area contributed by atoms with Crippen LogP contribution >= 0.6 is 11.3 Å². The first-order chi connectivity index (χ1) is 25.2. The van der Waals surface area contributed by atoms with Crippen LogP contribution in [0.15, 0.2) is 170 Å². The lowest BCUT2D eigenvalue weighted by Crippen LogP contribution is -2.00. The van der Waals surface area contributed by atoms with E-state index in [9.17, 15) is 5.26 Å². The second kappa shape index (κ2) is 12.9. The van der Waals surface area contributed by atoms with Crippen LogP contribution in [0.3, 0.4) is 0 Å². The maximum atomic E-state index is 9.20. The Morgan fingerprint density at radius 1 is 0.392 bits per heavy atom. The number of nitrogens with zero attached hydrogens (tertiary/aromatic N) is 4. The molecule has 0 saturated carbocycles. The van der Waals surface area contributed by atoms with Crippen LogP contribution < -0.4 is 0 Å². The largest absolute Gasteiger partial charge is 0.208 e. The van der Waals surface area contributed by atoms with E-state index in [1.807, 2.05) is 96.3 Å². The Balaban J connectivity index is 1.13. The second-order valence-corrected chi connectivity index (χ2v) is 13.4. The third kappa shape index (κ3) is 5.84. The van der Waals surface area contributed by atoms with Crippen molar-refractivity contribution in [2.45, 2.75) is 0 Å². The summed E-state index contributed by atoms with van der Waals surface area (Å²) in [5.74, 6) is 1.93. The molecule has 238 valence electrons. The van der Waals surface area contributed by atoms with Gasteiger partial charge in [0.15, 0.2) is 17.5 Å². The summed E-state index contributed by atoms with van der Waals surface area (Å²) in [4.78, 5) is 14.7. The Morgan fingerprint density at radius 3 is 1.41 bits per heavy atom. The quantitative estimate of drug-likeness (QED) is 0.177. The van der Waals surface area contributed by atoms with Gasteiger partial charge in [-0.2, -0.15) is 5.26 Å². The van der Waals surface area contributed by atoms with Gasteiger partial charge in [0.2, 0.25) is 0 Å². The van der Waals surface area contributed by atoms with E-state index >= 15 is 0 Å². The summed E-state index contributed by atoms with van der Waals surface area (Å²) in [6, 6.07) is 60.6. The second-order valence-electron chi connectivity index (χ2n) is 12.4. The Hall–Kier alpha value is -6.74. The zero-order valence-electron chi connectivity index (χ0n) is 27.4. The van der Waals surface area contributed by atoms with Gasteiger partial charge in [0, 0.05) is 42.4 Å². The standard InChI is InChI=1S/C46H28N4S/c47-29-30-15-17-31(18-16-30)32-19-21-33(22-20-32)38-27-40(43-41(28-38)39-13-7-8-14-42(39)51-43)34-23-25-37(26-24-34)46-49-44(35-9-3-1-4-10-35)48-45(50-46)36-11-5-2-6-12-36/h1-28H. The van der Waals surface area contributed by atoms with Gasteiger partial charge in [-0.05, 0) is 58.1 Å². The fraction of sp³-hybridized carbons (Fsp3) is 0. The Bertz CT molecular complexity index is 2650. The topological polar surface area (TPSA) is 62.5 Å². The molecular weight excluding hydrogens is 641 g/mol. The Labute approximate surface area is 299 Å². The summed E-state index contributed by atoms with van der Waals surface area (Å²) in [5, 5.41) is 11.7. The molecule has 9 aromatic rings. The molecule has 0 bridgehead atoms. The van der Waals surface area contributed by atoms with Gasteiger partial charge in [-0.1, -0.05) is 140 Å². The number of fused-ring (bicyclic) bond motifs is 3. The summed E-state index contributed by atoms with van der Waals surface area (Å²) in [5.41, 5.74) is 10.3. The van der Waals surface area contributed by atoms with E-state index in [4.69, 9.17) is 15.0 Å². The van der Waals surface area contributed by atoms with Crippen LogP contribution in [0.5, 0.6) is 0 Å². The summed E-state index contributed by atoms with van der Waals surface area (Å²) in [6.07, 6.45) is 0. The van der Waals surface area contributed by atoms with Crippen molar-refractivity contribution in [2.24, 2.45) is 0 Å². The third-order valence-corrected chi connectivity index (χ3v) is 10.4. The number of benzene rings is 7. The highest BCUT2D eigenvalue weighted by atomic mass is 32.1. The van der Waals surface area contributed by atoms with Crippen LogP contribution in [-0.4, -0.2) is 15.0 Å². The smallest absolute Gasteiger partial charge is 0.164 e. The lowest BCUT2D eigenvalue weighted by Gasteiger charge is -2.11. The lowest BCUT2D eigenvalue weighted by atomic mass is 9.94. The van der Waals surface area contributed by atoms with E-state index in [-0.39, 0.29) is 0 Å². The van der Waals surface area contributed by atoms with E-state index in [1.54, 1.807) is 0 Å². The monoisotopic (exact) mass is 668 g/mol. The summed E-state index contributed by atoms with van der Waals surface area (Å²) >= 11 is 1.83. The molecule has 0 aliphatic heterocycles. The predicted molar refractivity (Wildman–Crippen MR) is 210 cm³/mol. The molecule has 0 atom stereocenters. The number of rotatable bonds is 6. The maximum absolute atomic E-state index is 9.20. The van der Waals surface area contributed by atoms with Crippen LogP contribution in [-0.2, 0) is 0 Å². The molecule has 0 unspecified atom stereocenters. The molecule has 7 aromatic carbocycles. The third-order valence-electron chi connectivity index (χ3n) is 9.20. The fourth-order valence-electron chi connectivity index (χ4n) is 6.54. The minimum absolute atomic E-state index is 0.636. The Morgan fingerprint density at radius 2 is 0.843 bits per heavy atom. The van der Waals surface area contributed by atoms with Crippen LogP contribution in [0.4, 0.5) is 0 Å². The molecule has 0 fully saturated rings. The average Bonchev–Trinajstić information content (AvgIpc) is 3.60. The van der Waals surface area contributed by atoms with Crippen LogP contribution in [0.2, 0.25) is 0 Å². The van der Waals surface area contributed by atoms with Gasteiger partial charge in [0.25, 0.3) is 0 Å². The van der Waals surface area contributed by atoms with Crippen molar-refractivity contribution >= 4 is 31.5 Å². The van der Waals surface area contributed by atoms with Gasteiger partial charge in [-0.25, -0.2) is 15.0 Å². The lowest BCUT2D eigenvalue weighted by molar-refractivity contribution is 1.07. The molecule has 51 heavy (non-hydrogen) atoms. The van der Waals surface area contributed by atoms with Gasteiger partial charge in [0.05, 0.1) is 11.6 Å².